The highest BCUT2D eigenvalue weighted by Crippen LogP contribution is 2.62. The number of benzene rings is 1. The number of hydrogen-bond donors (Lipinski definition) is 0. The van der Waals surface area contributed by atoms with Gasteiger partial charge in [0.05, 0.1) is 24.0 Å². The van der Waals surface area contributed by atoms with Gasteiger partial charge in [-0.2, -0.15) is 8.78 Å². The molecular formula is C19H27F2O5PS. The first kappa shape index (κ1) is 24.8. The van der Waals surface area contributed by atoms with Gasteiger partial charge in [-0.25, -0.2) is 0 Å². The summed E-state index contributed by atoms with van der Waals surface area (Å²) in [5.41, 5.74) is -2.74. The van der Waals surface area contributed by atoms with E-state index in [1.807, 2.05) is 6.92 Å². The molecule has 0 amide bonds. The molecule has 158 valence electrons. The summed E-state index contributed by atoms with van der Waals surface area (Å²) in [6, 6.07) is 6.41. The second-order valence-corrected chi connectivity index (χ2v) is 10.1. The van der Waals surface area contributed by atoms with Gasteiger partial charge in [0.15, 0.2) is 0 Å². The molecule has 0 aliphatic rings. The Hall–Kier alpha value is -1.21. The molecule has 0 saturated heterocycles. The van der Waals surface area contributed by atoms with Gasteiger partial charge in [0, 0.05) is 4.90 Å². The SMILES string of the molecule is CCOP(=O)(OCC)C(F)(F)C(=O)C(CC=C(C)C)[S@@](=O)c1ccc(C)cc1. The van der Waals surface area contributed by atoms with Crippen molar-refractivity contribution in [2.75, 3.05) is 13.2 Å². The number of Topliss-reactive ketones (excluding diaryl/α,β-unsaturated/α-hetero) is 1. The van der Waals surface area contributed by atoms with Crippen LogP contribution in [0.5, 0.6) is 0 Å². The van der Waals surface area contributed by atoms with Crippen molar-refractivity contribution in [2.24, 2.45) is 0 Å². The van der Waals surface area contributed by atoms with E-state index >= 15 is 0 Å². The van der Waals surface area contributed by atoms with Crippen LogP contribution in [0.4, 0.5) is 8.78 Å². The summed E-state index contributed by atoms with van der Waals surface area (Å²) in [5.74, 6) is -1.71. The first-order valence-corrected chi connectivity index (χ1v) is 11.7. The summed E-state index contributed by atoms with van der Waals surface area (Å²) in [4.78, 5) is 13.0. The lowest BCUT2D eigenvalue weighted by Crippen LogP contribution is -2.41. The third-order valence-corrected chi connectivity index (χ3v) is 7.55. The van der Waals surface area contributed by atoms with E-state index in [0.29, 0.717) is 0 Å². The zero-order valence-corrected chi connectivity index (χ0v) is 18.4. The van der Waals surface area contributed by atoms with Crippen molar-refractivity contribution in [1.82, 2.24) is 0 Å². The molecule has 1 rings (SSSR count). The monoisotopic (exact) mass is 436 g/mol. The Bertz CT molecular complexity index is 763. The molecule has 9 heteroatoms. The van der Waals surface area contributed by atoms with Gasteiger partial charge in [-0.1, -0.05) is 29.3 Å². The fourth-order valence-electron chi connectivity index (χ4n) is 2.34. The van der Waals surface area contributed by atoms with Gasteiger partial charge >= 0.3 is 13.3 Å². The molecule has 0 spiro atoms. The number of ketones is 1. The van der Waals surface area contributed by atoms with Crippen LogP contribution in [0.25, 0.3) is 0 Å². The highest BCUT2D eigenvalue weighted by molar-refractivity contribution is 7.86. The van der Waals surface area contributed by atoms with Gasteiger partial charge in [0.25, 0.3) is 0 Å². The van der Waals surface area contributed by atoms with E-state index < -0.39 is 35.1 Å². The van der Waals surface area contributed by atoms with E-state index in [4.69, 9.17) is 0 Å². The molecule has 1 aromatic rings. The van der Waals surface area contributed by atoms with Crippen molar-refractivity contribution >= 4 is 24.2 Å². The minimum atomic E-state index is -5.06. The van der Waals surface area contributed by atoms with Crippen molar-refractivity contribution in [2.45, 2.75) is 56.8 Å². The maximum atomic E-state index is 14.9. The van der Waals surface area contributed by atoms with Gasteiger partial charge in [-0.15, -0.1) is 0 Å². The second kappa shape index (κ2) is 10.5. The van der Waals surface area contributed by atoms with Crippen molar-refractivity contribution in [3.63, 3.8) is 0 Å². The Morgan fingerprint density at radius 3 is 2.11 bits per heavy atom. The minimum absolute atomic E-state index is 0.185. The van der Waals surface area contributed by atoms with Crippen molar-refractivity contribution in [3.05, 3.63) is 41.5 Å². The molecule has 0 radical (unpaired) electrons. The van der Waals surface area contributed by atoms with Gasteiger partial charge in [0.1, 0.15) is 5.25 Å². The van der Waals surface area contributed by atoms with E-state index in [0.717, 1.165) is 11.1 Å². The molecule has 0 fully saturated rings. The highest BCUT2D eigenvalue weighted by atomic mass is 32.2. The standard InChI is InChI=1S/C19H27F2O5PS/c1-6-25-27(23,26-7-2)19(20,21)18(22)17(13-8-14(3)4)28(24)16-11-9-15(5)10-12-16/h8-12,17H,6-7,13H2,1-5H3/t17?,28-/m0/s1. The summed E-state index contributed by atoms with van der Waals surface area (Å²) in [5, 5.41) is -1.60. The number of alkyl halides is 2. The molecule has 0 saturated carbocycles. The van der Waals surface area contributed by atoms with Crippen molar-refractivity contribution < 1.29 is 31.4 Å². The summed E-state index contributed by atoms with van der Waals surface area (Å²) < 4.78 is 64.8. The van der Waals surface area contributed by atoms with Gasteiger partial charge < -0.3 is 9.05 Å². The van der Waals surface area contributed by atoms with Crippen LogP contribution < -0.4 is 0 Å². The number of carbonyl (C=O) groups is 1. The van der Waals surface area contributed by atoms with E-state index in [2.05, 4.69) is 9.05 Å². The topological polar surface area (TPSA) is 69.7 Å². The maximum absolute atomic E-state index is 14.9. The highest BCUT2D eigenvalue weighted by Gasteiger charge is 2.61. The quantitative estimate of drug-likeness (QED) is 0.350. The second-order valence-electron chi connectivity index (χ2n) is 6.35. The molecule has 0 aromatic heterocycles. The van der Waals surface area contributed by atoms with E-state index in [9.17, 15) is 22.3 Å². The summed E-state index contributed by atoms with van der Waals surface area (Å²) in [6.07, 6.45) is 1.37. The zero-order chi connectivity index (χ0) is 21.5. The average Bonchev–Trinajstić information content (AvgIpc) is 2.62. The van der Waals surface area contributed by atoms with Gasteiger partial charge in [-0.3, -0.25) is 13.6 Å². The number of halogens is 2. The van der Waals surface area contributed by atoms with Crippen LogP contribution in [0, 0.1) is 6.92 Å². The lowest BCUT2D eigenvalue weighted by atomic mass is 10.1. The first-order valence-electron chi connectivity index (χ1n) is 8.92. The van der Waals surface area contributed by atoms with E-state index in [1.165, 1.54) is 26.0 Å². The van der Waals surface area contributed by atoms with Crippen molar-refractivity contribution in [1.29, 1.82) is 0 Å². The molecule has 0 aliphatic carbocycles. The molecule has 1 unspecified atom stereocenters. The molecule has 0 bridgehead atoms. The Morgan fingerprint density at radius 2 is 1.68 bits per heavy atom. The maximum Gasteiger partial charge on any atom is 0.407 e. The minimum Gasteiger partial charge on any atom is -0.304 e. The fourth-order valence-corrected chi connectivity index (χ4v) is 5.28. The van der Waals surface area contributed by atoms with Crippen LogP contribution in [0.1, 0.15) is 39.7 Å². The Kier molecular flexibility index (Phi) is 9.34. The molecule has 0 aliphatic heterocycles. The van der Waals surface area contributed by atoms with Gasteiger partial charge in [-0.05, 0) is 53.2 Å². The first-order chi connectivity index (χ1) is 13.0. The molecule has 2 atom stereocenters. The normalized spacial score (nSPS) is 14.4. The lowest BCUT2D eigenvalue weighted by molar-refractivity contribution is -0.135. The predicted molar refractivity (Wildman–Crippen MR) is 106 cm³/mol. The lowest BCUT2D eigenvalue weighted by Gasteiger charge is -2.27. The molecule has 0 N–H and O–H groups in total. The number of rotatable bonds is 11. The third kappa shape index (κ3) is 5.89. The van der Waals surface area contributed by atoms with Crippen LogP contribution in [-0.2, 0) is 29.2 Å². The predicted octanol–water partition coefficient (Wildman–Crippen LogP) is 5.26. The molecule has 5 nitrogen and oxygen atoms in total. The molecule has 0 heterocycles. The number of carbonyl (C=O) groups excluding carboxylic acids is 1. The summed E-state index contributed by atoms with van der Waals surface area (Å²) in [7, 11) is -7.13. The largest absolute Gasteiger partial charge is 0.407 e. The smallest absolute Gasteiger partial charge is 0.304 e. The Morgan fingerprint density at radius 1 is 1.18 bits per heavy atom. The Balaban J connectivity index is 3.37. The number of aryl methyl sites for hydroxylation is 1. The third-order valence-electron chi connectivity index (χ3n) is 3.78. The summed E-state index contributed by atoms with van der Waals surface area (Å²) in [6.45, 7) is 7.40. The fraction of sp³-hybridized carbons (Fsp3) is 0.526. The number of hydrogen-bond acceptors (Lipinski definition) is 5. The molecular weight excluding hydrogens is 409 g/mol. The van der Waals surface area contributed by atoms with E-state index in [1.54, 1.807) is 32.1 Å². The summed E-state index contributed by atoms with van der Waals surface area (Å²) >= 11 is 0. The van der Waals surface area contributed by atoms with Crippen LogP contribution in [-0.4, -0.2) is 34.1 Å². The zero-order valence-electron chi connectivity index (χ0n) is 16.7. The number of allylic oxidation sites excluding steroid dienone is 2. The van der Waals surface area contributed by atoms with Crippen molar-refractivity contribution in [3.8, 4) is 0 Å². The average molecular weight is 436 g/mol. The van der Waals surface area contributed by atoms with Crippen LogP contribution >= 0.6 is 7.60 Å². The molecule has 1 aromatic carbocycles. The van der Waals surface area contributed by atoms with E-state index in [-0.39, 0.29) is 24.5 Å². The molecule has 28 heavy (non-hydrogen) atoms. The van der Waals surface area contributed by atoms with Crippen LogP contribution in [0.15, 0.2) is 40.8 Å². The van der Waals surface area contributed by atoms with Gasteiger partial charge in [0.2, 0.25) is 5.78 Å². The van der Waals surface area contributed by atoms with Crippen LogP contribution in [0.2, 0.25) is 0 Å². The Labute approximate surface area is 167 Å². The van der Waals surface area contributed by atoms with Crippen LogP contribution in [0.3, 0.4) is 0 Å².